The molecule has 2 aromatic carbocycles. The van der Waals surface area contributed by atoms with E-state index in [2.05, 4.69) is 6.07 Å². The normalized spacial score (nSPS) is 10.1. The van der Waals surface area contributed by atoms with E-state index in [4.69, 9.17) is 0 Å². The zero-order valence-corrected chi connectivity index (χ0v) is 10.00. The first kappa shape index (κ1) is 9.73. The molecule has 0 fully saturated rings. The summed E-state index contributed by atoms with van der Waals surface area (Å²) >= 11 is 1.65. The molecule has 0 aliphatic carbocycles. The summed E-state index contributed by atoms with van der Waals surface area (Å²) in [7, 11) is 0. The Kier molecular flexibility index (Phi) is 2.88. The number of hydrogen-bond acceptors (Lipinski definition) is 0. The van der Waals surface area contributed by atoms with E-state index in [-0.39, 0.29) is 5.82 Å². The first-order chi connectivity index (χ1) is 6.77. The quantitative estimate of drug-likeness (QED) is 0.708. The molecule has 0 saturated heterocycles. The molecule has 68 valence electrons. The minimum absolute atomic E-state index is 0.184. The van der Waals surface area contributed by atoms with E-state index in [1.54, 1.807) is 35.2 Å². The number of rotatable bonds is 1. The molecule has 0 heterocycles. The molecule has 2 aromatic rings. The van der Waals surface area contributed by atoms with Gasteiger partial charge < -0.3 is 0 Å². The zero-order valence-electron chi connectivity index (χ0n) is 7.44. The Morgan fingerprint density at radius 1 is 0.929 bits per heavy atom. The third-order valence-corrected chi connectivity index (χ3v) is 3.15. The van der Waals surface area contributed by atoms with E-state index in [1.165, 1.54) is 9.58 Å². The van der Waals surface area contributed by atoms with E-state index in [0.717, 1.165) is 11.1 Å². The first-order valence-corrected chi connectivity index (χ1v) is 5.59. The maximum atomic E-state index is 13.0. The Morgan fingerprint density at radius 3 is 2.43 bits per heavy atom. The average Bonchev–Trinajstić information content (AvgIpc) is 2.18. The molecule has 0 aliphatic heterocycles. The Hall–Kier alpha value is -0.812. The van der Waals surface area contributed by atoms with Crippen molar-refractivity contribution in [2.24, 2.45) is 0 Å². The van der Waals surface area contributed by atoms with Crippen molar-refractivity contribution in [2.45, 2.75) is 0 Å². The third kappa shape index (κ3) is 1.98. The molecule has 2 rings (SSSR count). The molecule has 0 amide bonds. The van der Waals surface area contributed by atoms with Crippen LogP contribution in [0.5, 0.6) is 0 Å². The Morgan fingerprint density at radius 2 is 1.71 bits per heavy atom. The maximum absolute atomic E-state index is 13.0. The second kappa shape index (κ2) is 4.14. The molecule has 0 nitrogen and oxygen atoms in total. The van der Waals surface area contributed by atoms with Gasteiger partial charge in [-0.2, -0.15) is 0 Å². The van der Waals surface area contributed by atoms with Crippen molar-refractivity contribution in [1.29, 1.82) is 0 Å². The third-order valence-electron chi connectivity index (χ3n) is 2.04. The number of benzene rings is 2. The van der Waals surface area contributed by atoms with Crippen LogP contribution in [0.25, 0.3) is 11.1 Å². The summed E-state index contributed by atoms with van der Waals surface area (Å²) in [5.41, 5.74) is 2.06. The Bertz CT molecular complexity index is 452. The van der Waals surface area contributed by atoms with Crippen LogP contribution >= 0.6 is 0 Å². The van der Waals surface area contributed by atoms with Crippen LogP contribution in [0.4, 0.5) is 4.39 Å². The molecular weight excluding hydrogens is 285 g/mol. The van der Waals surface area contributed by atoms with Crippen molar-refractivity contribution >= 4 is 26.5 Å². The summed E-state index contributed by atoms with van der Waals surface area (Å²) < 4.78 is 14.2. The topological polar surface area (TPSA) is 0 Å². The van der Waals surface area contributed by atoms with E-state index in [0.29, 0.717) is 0 Å². The van der Waals surface area contributed by atoms with Crippen LogP contribution in [0.15, 0.2) is 48.5 Å². The second-order valence-electron chi connectivity index (χ2n) is 3.03. The summed E-state index contributed by atoms with van der Waals surface area (Å²) in [6, 6.07) is 14.7. The summed E-state index contributed by atoms with van der Waals surface area (Å²) in [4.78, 5) is 0. The summed E-state index contributed by atoms with van der Waals surface area (Å²) in [5, 5.41) is 0. The molecule has 0 unspecified atom stereocenters. The van der Waals surface area contributed by atoms with Crippen molar-refractivity contribution in [1.82, 2.24) is 0 Å². The fourth-order valence-corrected chi connectivity index (χ4v) is 2.20. The van der Waals surface area contributed by atoms with Crippen molar-refractivity contribution in [3.63, 3.8) is 0 Å². The van der Waals surface area contributed by atoms with Crippen molar-refractivity contribution in [2.75, 3.05) is 0 Å². The molecule has 0 aliphatic rings. The zero-order chi connectivity index (χ0) is 9.97. The summed E-state index contributed by atoms with van der Waals surface area (Å²) in [6.45, 7) is 0. The van der Waals surface area contributed by atoms with Crippen molar-refractivity contribution in [3.8, 4) is 11.1 Å². The predicted molar refractivity (Wildman–Crippen MR) is 57.2 cm³/mol. The van der Waals surface area contributed by atoms with Gasteiger partial charge in [0, 0.05) is 0 Å². The number of hydrogen-bond donors (Lipinski definition) is 0. The molecule has 0 atom stereocenters. The van der Waals surface area contributed by atoms with Gasteiger partial charge in [0.15, 0.2) is 0 Å². The molecule has 0 N–H and O–H groups in total. The molecule has 2 heteroatoms. The standard InChI is InChI=1S/C12H8F.Sb/c13-12-8-4-7-11(9-12)10-5-2-1-3-6-10;/h1-5,7-9H;. The van der Waals surface area contributed by atoms with Crippen LogP contribution in [0.3, 0.4) is 0 Å². The van der Waals surface area contributed by atoms with E-state index in [9.17, 15) is 4.39 Å². The van der Waals surface area contributed by atoms with E-state index in [1.807, 2.05) is 24.3 Å². The van der Waals surface area contributed by atoms with Gasteiger partial charge in [-0.25, -0.2) is 0 Å². The molecule has 0 saturated carbocycles. The fraction of sp³-hybridized carbons (Fsp3) is 0. The monoisotopic (exact) mass is 292 g/mol. The van der Waals surface area contributed by atoms with Gasteiger partial charge in [-0.1, -0.05) is 0 Å². The average molecular weight is 293 g/mol. The van der Waals surface area contributed by atoms with Crippen LogP contribution in [0.2, 0.25) is 0 Å². The van der Waals surface area contributed by atoms with Crippen LogP contribution < -0.4 is 3.51 Å². The molecule has 0 bridgehead atoms. The van der Waals surface area contributed by atoms with Gasteiger partial charge in [0.1, 0.15) is 0 Å². The first-order valence-electron chi connectivity index (χ1n) is 4.31. The number of halogens is 1. The van der Waals surface area contributed by atoms with Crippen molar-refractivity contribution < 1.29 is 4.39 Å². The molecular formula is C12H8FSb. The predicted octanol–water partition coefficient (Wildman–Crippen LogP) is 2.29. The van der Waals surface area contributed by atoms with E-state index < -0.39 is 0 Å². The van der Waals surface area contributed by atoms with Gasteiger partial charge in [-0.15, -0.1) is 0 Å². The van der Waals surface area contributed by atoms with Crippen LogP contribution in [-0.2, 0) is 0 Å². The summed E-state index contributed by atoms with van der Waals surface area (Å²) in [6.07, 6.45) is 0. The van der Waals surface area contributed by atoms with Gasteiger partial charge in [0.05, 0.1) is 0 Å². The minimum atomic E-state index is -0.184. The molecule has 2 radical (unpaired) electrons. The van der Waals surface area contributed by atoms with Crippen LogP contribution in [-0.4, -0.2) is 23.0 Å². The van der Waals surface area contributed by atoms with Crippen LogP contribution in [0.1, 0.15) is 0 Å². The Labute approximate surface area is 96.3 Å². The van der Waals surface area contributed by atoms with Gasteiger partial charge >= 0.3 is 96.4 Å². The molecule has 0 aromatic heterocycles. The fourth-order valence-electron chi connectivity index (χ4n) is 1.37. The molecule has 0 spiro atoms. The SMILES string of the molecule is Fc1cccc(-c2cccc[c]2[Sb])c1. The van der Waals surface area contributed by atoms with Gasteiger partial charge in [0.2, 0.25) is 0 Å². The van der Waals surface area contributed by atoms with Gasteiger partial charge in [0.25, 0.3) is 0 Å². The van der Waals surface area contributed by atoms with Crippen molar-refractivity contribution in [3.05, 3.63) is 54.3 Å². The van der Waals surface area contributed by atoms with Gasteiger partial charge in [-0.05, 0) is 0 Å². The van der Waals surface area contributed by atoms with Gasteiger partial charge in [-0.3, -0.25) is 0 Å². The second-order valence-corrected chi connectivity index (χ2v) is 4.40. The Balaban J connectivity index is 2.55. The van der Waals surface area contributed by atoms with Crippen LogP contribution in [0, 0.1) is 5.82 Å². The van der Waals surface area contributed by atoms with E-state index >= 15 is 0 Å². The summed E-state index contributed by atoms with van der Waals surface area (Å²) in [5.74, 6) is -0.184. The molecule has 14 heavy (non-hydrogen) atoms.